The second kappa shape index (κ2) is 5.64. The lowest BCUT2D eigenvalue weighted by atomic mass is 10.3. The lowest BCUT2D eigenvalue weighted by Gasteiger charge is -2.11. The van der Waals surface area contributed by atoms with Gasteiger partial charge in [-0.2, -0.15) is 15.0 Å². The number of nitrogens with two attached hydrogens (primary N) is 1. The first-order chi connectivity index (χ1) is 9.10. The minimum atomic E-state index is 0.238. The molecule has 2 aromatic heterocycles. The van der Waals surface area contributed by atoms with Crippen molar-refractivity contribution in [1.29, 1.82) is 0 Å². The molecule has 0 saturated carbocycles. The fourth-order valence-electron chi connectivity index (χ4n) is 1.80. The van der Waals surface area contributed by atoms with Crippen LogP contribution in [0.15, 0.2) is 12.4 Å². The lowest BCUT2D eigenvalue weighted by molar-refractivity contribution is 0.641. The third-order valence-corrected chi connectivity index (χ3v) is 2.67. The average Bonchev–Trinajstić information content (AvgIpc) is 2.76. The van der Waals surface area contributed by atoms with Gasteiger partial charge in [-0.3, -0.25) is 0 Å². The smallest absolute Gasteiger partial charge is 0.229 e. The van der Waals surface area contributed by atoms with Gasteiger partial charge in [0, 0.05) is 33.0 Å². The minimum Gasteiger partial charge on any atom is -0.368 e. The van der Waals surface area contributed by atoms with Crippen molar-refractivity contribution in [3.8, 4) is 0 Å². The Bertz CT molecular complexity index is 547. The Labute approximate surface area is 112 Å². The van der Waals surface area contributed by atoms with E-state index in [9.17, 15) is 0 Å². The van der Waals surface area contributed by atoms with Crippen molar-refractivity contribution in [1.82, 2.24) is 24.5 Å². The number of rotatable bonds is 5. The molecule has 0 aromatic carbocycles. The Kier molecular flexibility index (Phi) is 3.94. The van der Waals surface area contributed by atoms with Crippen LogP contribution in [0.5, 0.6) is 0 Å². The molecule has 0 aliphatic rings. The summed E-state index contributed by atoms with van der Waals surface area (Å²) in [6.45, 7) is 3.07. The monoisotopic (exact) mass is 261 g/mol. The van der Waals surface area contributed by atoms with Gasteiger partial charge < -0.3 is 15.2 Å². The van der Waals surface area contributed by atoms with Gasteiger partial charge in [-0.25, -0.2) is 4.98 Å². The van der Waals surface area contributed by atoms with Crippen LogP contribution < -0.4 is 10.6 Å². The minimum absolute atomic E-state index is 0.238. The Morgan fingerprint density at radius 3 is 2.74 bits per heavy atom. The fourth-order valence-corrected chi connectivity index (χ4v) is 1.80. The predicted molar refractivity (Wildman–Crippen MR) is 73.9 cm³/mol. The highest BCUT2D eigenvalue weighted by atomic mass is 15.3. The molecular formula is C12H19N7. The second-order valence-corrected chi connectivity index (χ2v) is 4.52. The number of hydrogen-bond acceptors (Lipinski definition) is 6. The van der Waals surface area contributed by atoms with Crippen molar-refractivity contribution in [2.45, 2.75) is 26.3 Å². The summed E-state index contributed by atoms with van der Waals surface area (Å²) in [4.78, 5) is 18.8. The largest absolute Gasteiger partial charge is 0.368 e. The van der Waals surface area contributed by atoms with Gasteiger partial charge in [0.15, 0.2) is 0 Å². The lowest BCUT2D eigenvalue weighted by Crippen LogP contribution is -2.17. The molecule has 0 bridgehead atoms. The molecule has 0 aliphatic heterocycles. The maximum Gasteiger partial charge on any atom is 0.229 e. The Morgan fingerprint density at radius 1 is 1.26 bits per heavy atom. The zero-order valence-corrected chi connectivity index (χ0v) is 11.5. The summed E-state index contributed by atoms with van der Waals surface area (Å²) < 4.78 is 2.11. The van der Waals surface area contributed by atoms with Crippen molar-refractivity contribution in [2.75, 3.05) is 24.7 Å². The Balaban J connectivity index is 2.25. The van der Waals surface area contributed by atoms with Gasteiger partial charge in [0.2, 0.25) is 11.9 Å². The summed E-state index contributed by atoms with van der Waals surface area (Å²) in [6.07, 6.45) is 5.38. The molecule has 0 aliphatic carbocycles. The van der Waals surface area contributed by atoms with Gasteiger partial charge in [0.05, 0.1) is 6.42 Å². The molecule has 19 heavy (non-hydrogen) atoms. The number of aryl methyl sites for hydroxylation is 1. The summed E-state index contributed by atoms with van der Waals surface area (Å²) in [5, 5.41) is 0. The van der Waals surface area contributed by atoms with Crippen molar-refractivity contribution < 1.29 is 0 Å². The first-order valence-electron chi connectivity index (χ1n) is 6.28. The van der Waals surface area contributed by atoms with Crippen molar-refractivity contribution in [3.05, 3.63) is 24.0 Å². The normalized spacial score (nSPS) is 10.7. The van der Waals surface area contributed by atoms with Crippen molar-refractivity contribution in [3.63, 3.8) is 0 Å². The summed E-state index contributed by atoms with van der Waals surface area (Å²) in [5.41, 5.74) is 5.71. The van der Waals surface area contributed by atoms with Crippen LogP contribution in [0.3, 0.4) is 0 Å². The van der Waals surface area contributed by atoms with Crippen LogP contribution in [-0.2, 0) is 13.0 Å². The van der Waals surface area contributed by atoms with Crippen LogP contribution in [0, 0.1) is 0 Å². The molecule has 0 unspecified atom stereocenters. The Morgan fingerprint density at radius 2 is 2.05 bits per heavy atom. The van der Waals surface area contributed by atoms with Crippen LogP contribution in [0.25, 0.3) is 0 Å². The van der Waals surface area contributed by atoms with Gasteiger partial charge in [0.25, 0.3) is 0 Å². The van der Waals surface area contributed by atoms with Crippen LogP contribution in [-0.4, -0.2) is 38.6 Å². The third kappa shape index (κ3) is 3.18. The first kappa shape index (κ1) is 13.3. The maximum atomic E-state index is 5.71. The number of nitrogen functional groups attached to an aromatic ring is 1. The number of hydrogen-bond donors (Lipinski definition) is 1. The van der Waals surface area contributed by atoms with E-state index in [-0.39, 0.29) is 5.95 Å². The maximum absolute atomic E-state index is 5.71. The van der Waals surface area contributed by atoms with Crippen LogP contribution >= 0.6 is 0 Å². The van der Waals surface area contributed by atoms with Crippen LogP contribution in [0.4, 0.5) is 11.9 Å². The van der Waals surface area contributed by atoms with Gasteiger partial charge in [-0.05, 0) is 6.42 Å². The number of nitrogens with zero attached hydrogens (tertiary/aromatic N) is 6. The topological polar surface area (TPSA) is 85.8 Å². The van der Waals surface area contributed by atoms with E-state index in [1.807, 2.05) is 20.3 Å². The molecule has 0 radical (unpaired) electrons. The number of anilines is 2. The molecule has 0 amide bonds. The fraction of sp³-hybridized carbons (Fsp3) is 0.500. The zero-order valence-electron chi connectivity index (χ0n) is 11.5. The molecule has 7 heteroatoms. The van der Waals surface area contributed by atoms with E-state index in [4.69, 9.17) is 5.73 Å². The molecule has 0 atom stereocenters. The van der Waals surface area contributed by atoms with E-state index in [1.54, 1.807) is 11.1 Å². The molecule has 7 nitrogen and oxygen atoms in total. The summed E-state index contributed by atoms with van der Waals surface area (Å²) in [6, 6.07) is 0. The van der Waals surface area contributed by atoms with E-state index in [0.717, 1.165) is 18.8 Å². The van der Waals surface area contributed by atoms with Crippen LogP contribution in [0.1, 0.15) is 25.0 Å². The van der Waals surface area contributed by atoms with Gasteiger partial charge in [-0.1, -0.05) is 6.92 Å². The standard InChI is InChI=1S/C12H19N7/c1-4-6-19-7-5-14-10(19)8-9-15-11(13)17-12(16-9)18(2)3/h5,7H,4,6,8H2,1-3H3,(H2,13,15,16,17). The zero-order chi connectivity index (χ0) is 13.8. The third-order valence-electron chi connectivity index (χ3n) is 2.67. The van der Waals surface area contributed by atoms with E-state index < -0.39 is 0 Å². The quantitative estimate of drug-likeness (QED) is 0.853. The SMILES string of the molecule is CCCn1ccnc1Cc1nc(N)nc(N(C)C)n1. The number of aromatic nitrogens is 5. The molecule has 2 rings (SSSR count). The Hall–Kier alpha value is -2.18. The molecule has 0 saturated heterocycles. The van der Waals surface area contributed by atoms with E-state index in [2.05, 4.69) is 31.4 Å². The molecule has 102 valence electrons. The second-order valence-electron chi connectivity index (χ2n) is 4.52. The predicted octanol–water partition coefficient (Wildman–Crippen LogP) is 0.717. The number of imidazole rings is 1. The van der Waals surface area contributed by atoms with E-state index >= 15 is 0 Å². The van der Waals surface area contributed by atoms with Gasteiger partial charge >= 0.3 is 0 Å². The first-order valence-corrected chi connectivity index (χ1v) is 6.28. The highest BCUT2D eigenvalue weighted by molar-refractivity contribution is 5.33. The molecule has 2 heterocycles. The molecule has 2 aromatic rings. The summed E-state index contributed by atoms with van der Waals surface area (Å²) >= 11 is 0. The summed E-state index contributed by atoms with van der Waals surface area (Å²) in [5.74, 6) is 2.38. The van der Waals surface area contributed by atoms with Crippen molar-refractivity contribution >= 4 is 11.9 Å². The molecule has 0 spiro atoms. The highest BCUT2D eigenvalue weighted by Gasteiger charge is 2.10. The van der Waals surface area contributed by atoms with E-state index in [0.29, 0.717) is 18.2 Å². The molecule has 2 N–H and O–H groups in total. The summed E-state index contributed by atoms with van der Waals surface area (Å²) in [7, 11) is 3.74. The van der Waals surface area contributed by atoms with Crippen LogP contribution in [0.2, 0.25) is 0 Å². The van der Waals surface area contributed by atoms with E-state index in [1.165, 1.54) is 0 Å². The average molecular weight is 261 g/mol. The molecule has 0 fully saturated rings. The molecular weight excluding hydrogens is 242 g/mol. The van der Waals surface area contributed by atoms with Gasteiger partial charge in [0.1, 0.15) is 11.6 Å². The van der Waals surface area contributed by atoms with Gasteiger partial charge in [-0.15, -0.1) is 0 Å². The van der Waals surface area contributed by atoms with Crippen molar-refractivity contribution in [2.24, 2.45) is 0 Å². The highest BCUT2D eigenvalue weighted by Crippen LogP contribution is 2.10.